The normalized spacial score (nSPS) is 16.4. The quantitative estimate of drug-likeness (QED) is 0.761. The van der Waals surface area contributed by atoms with Gasteiger partial charge in [0.15, 0.2) is 0 Å². The summed E-state index contributed by atoms with van der Waals surface area (Å²) in [6.07, 6.45) is 0.575. The zero-order valence-electron chi connectivity index (χ0n) is 7.91. The molecule has 0 unspecified atom stereocenters. The fourth-order valence-electron chi connectivity index (χ4n) is 1.27. The molecule has 1 fully saturated rings. The van der Waals surface area contributed by atoms with Crippen LogP contribution in [0.5, 0.6) is 0 Å². The Bertz CT molecular complexity index is 334. The van der Waals surface area contributed by atoms with Gasteiger partial charge in [0.1, 0.15) is 5.82 Å². The third-order valence-corrected chi connectivity index (χ3v) is 2.84. The van der Waals surface area contributed by atoms with Crippen molar-refractivity contribution >= 4 is 22.6 Å². The lowest BCUT2D eigenvalue weighted by Crippen LogP contribution is -2.43. The van der Waals surface area contributed by atoms with E-state index in [4.69, 9.17) is 0 Å². The van der Waals surface area contributed by atoms with Crippen molar-refractivity contribution in [2.24, 2.45) is 5.92 Å². The van der Waals surface area contributed by atoms with Crippen LogP contribution in [0.1, 0.15) is 12.2 Å². The van der Waals surface area contributed by atoms with E-state index in [1.165, 1.54) is 11.5 Å². The van der Waals surface area contributed by atoms with Gasteiger partial charge in [0.25, 0.3) is 0 Å². The Morgan fingerprint density at radius 2 is 2.50 bits per heavy atom. The molecule has 1 amide bonds. The lowest BCUT2D eigenvalue weighted by atomic mass is 9.99. The summed E-state index contributed by atoms with van der Waals surface area (Å²) in [4.78, 5) is 15.5. The average molecular weight is 212 g/mol. The molecule has 0 radical (unpaired) electrons. The second-order valence-corrected chi connectivity index (χ2v) is 4.18. The zero-order chi connectivity index (χ0) is 9.97. The Balaban J connectivity index is 1.81. The van der Waals surface area contributed by atoms with E-state index < -0.39 is 0 Å². The second kappa shape index (κ2) is 4.02. The second-order valence-electron chi connectivity index (χ2n) is 3.42. The molecule has 0 atom stereocenters. The summed E-state index contributed by atoms with van der Waals surface area (Å²) >= 11 is 1.22. The fraction of sp³-hybridized carbons (Fsp3) is 0.625. The van der Waals surface area contributed by atoms with Gasteiger partial charge in [-0.2, -0.15) is 4.37 Å². The first-order chi connectivity index (χ1) is 6.74. The van der Waals surface area contributed by atoms with E-state index in [1.54, 1.807) is 0 Å². The van der Waals surface area contributed by atoms with Gasteiger partial charge in [-0.25, -0.2) is 4.98 Å². The molecule has 1 aromatic heterocycles. The van der Waals surface area contributed by atoms with Gasteiger partial charge in [0.05, 0.1) is 0 Å². The van der Waals surface area contributed by atoms with Gasteiger partial charge in [0.2, 0.25) is 11.0 Å². The highest BCUT2D eigenvalue weighted by atomic mass is 32.1. The third kappa shape index (κ3) is 2.27. The molecule has 1 saturated heterocycles. The molecule has 6 heteroatoms. The van der Waals surface area contributed by atoms with Crippen LogP contribution in [0, 0.1) is 12.8 Å². The van der Waals surface area contributed by atoms with E-state index in [1.807, 2.05) is 6.92 Å². The monoisotopic (exact) mass is 212 g/mol. The summed E-state index contributed by atoms with van der Waals surface area (Å²) in [6.45, 7) is 3.70. The minimum Gasteiger partial charge on any atom is -0.316 e. The molecule has 14 heavy (non-hydrogen) atoms. The van der Waals surface area contributed by atoms with E-state index in [0.29, 0.717) is 23.3 Å². The molecule has 1 aliphatic rings. The minimum atomic E-state index is 0.0349. The standard InChI is InChI=1S/C8H12N4OS/c1-5-10-8(14-12-5)11-7(13)2-6-3-9-4-6/h6,9H,2-4H2,1H3,(H,10,11,12,13). The molecule has 0 bridgehead atoms. The molecular weight excluding hydrogens is 200 g/mol. The summed E-state index contributed by atoms with van der Waals surface area (Å²) in [6, 6.07) is 0. The van der Waals surface area contributed by atoms with E-state index in [2.05, 4.69) is 20.0 Å². The maximum absolute atomic E-state index is 11.4. The molecule has 0 saturated carbocycles. The van der Waals surface area contributed by atoms with Crippen molar-refractivity contribution < 1.29 is 4.79 Å². The zero-order valence-corrected chi connectivity index (χ0v) is 8.73. The third-order valence-electron chi connectivity index (χ3n) is 2.11. The molecule has 0 spiro atoms. The number of anilines is 1. The fourth-order valence-corrected chi connectivity index (χ4v) is 1.86. The highest BCUT2D eigenvalue weighted by molar-refractivity contribution is 7.09. The lowest BCUT2D eigenvalue weighted by Gasteiger charge is -2.25. The number of hydrogen-bond acceptors (Lipinski definition) is 5. The Morgan fingerprint density at radius 3 is 3.00 bits per heavy atom. The molecule has 76 valence electrons. The van der Waals surface area contributed by atoms with E-state index in [9.17, 15) is 4.79 Å². The Labute approximate surface area is 86.1 Å². The van der Waals surface area contributed by atoms with Gasteiger partial charge in [0, 0.05) is 18.0 Å². The van der Waals surface area contributed by atoms with Crippen molar-refractivity contribution in [3.05, 3.63) is 5.82 Å². The van der Waals surface area contributed by atoms with Crippen LogP contribution in [0.25, 0.3) is 0 Å². The SMILES string of the molecule is Cc1nsc(NC(=O)CC2CNC2)n1. The van der Waals surface area contributed by atoms with E-state index >= 15 is 0 Å². The Kier molecular flexibility index (Phi) is 2.74. The summed E-state index contributed by atoms with van der Waals surface area (Å²) < 4.78 is 3.99. The number of aromatic nitrogens is 2. The lowest BCUT2D eigenvalue weighted by molar-refractivity contribution is -0.117. The average Bonchev–Trinajstić information content (AvgIpc) is 2.44. The van der Waals surface area contributed by atoms with Crippen molar-refractivity contribution in [3.63, 3.8) is 0 Å². The maximum Gasteiger partial charge on any atom is 0.226 e. The summed E-state index contributed by atoms with van der Waals surface area (Å²) in [7, 11) is 0. The predicted octanol–water partition coefficient (Wildman–Crippen LogP) is 0.395. The first-order valence-corrected chi connectivity index (χ1v) is 5.32. The summed E-state index contributed by atoms with van der Waals surface area (Å²) in [5, 5.41) is 6.47. The summed E-state index contributed by atoms with van der Waals surface area (Å²) in [5.74, 6) is 1.23. The van der Waals surface area contributed by atoms with Gasteiger partial charge in [-0.05, 0) is 25.9 Å². The largest absolute Gasteiger partial charge is 0.316 e. The van der Waals surface area contributed by atoms with Crippen LogP contribution < -0.4 is 10.6 Å². The molecule has 2 heterocycles. The number of hydrogen-bond donors (Lipinski definition) is 2. The number of rotatable bonds is 3. The van der Waals surface area contributed by atoms with Crippen LogP contribution in [0.3, 0.4) is 0 Å². The van der Waals surface area contributed by atoms with Crippen molar-refractivity contribution in [1.82, 2.24) is 14.7 Å². The Hall–Kier alpha value is -1.01. The molecule has 1 aromatic rings. The number of carbonyl (C=O) groups excluding carboxylic acids is 1. The van der Waals surface area contributed by atoms with Gasteiger partial charge in [-0.3, -0.25) is 4.79 Å². The number of nitrogens with zero attached hydrogens (tertiary/aromatic N) is 2. The number of carbonyl (C=O) groups is 1. The molecule has 5 nitrogen and oxygen atoms in total. The predicted molar refractivity (Wildman–Crippen MR) is 54.3 cm³/mol. The van der Waals surface area contributed by atoms with Crippen molar-refractivity contribution in [2.45, 2.75) is 13.3 Å². The van der Waals surface area contributed by atoms with Gasteiger partial charge < -0.3 is 10.6 Å². The maximum atomic E-state index is 11.4. The summed E-state index contributed by atoms with van der Waals surface area (Å²) in [5.41, 5.74) is 0. The molecule has 2 rings (SSSR count). The van der Waals surface area contributed by atoms with Crippen molar-refractivity contribution in [2.75, 3.05) is 18.4 Å². The highest BCUT2D eigenvalue weighted by Gasteiger charge is 2.20. The molecule has 0 aromatic carbocycles. The van der Waals surface area contributed by atoms with Crippen LogP contribution >= 0.6 is 11.5 Å². The number of nitrogens with one attached hydrogen (secondary N) is 2. The first-order valence-electron chi connectivity index (χ1n) is 4.55. The van der Waals surface area contributed by atoms with Gasteiger partial charge in [-0.1, -0.05) is 0 Å². The molecule has 2 N–H and O–H groups in total. The first kappa shape index (κ1) is 9.54. The molecular formula is C8H12N4OS. The van der Waals surface area contributed by atoms with Crippen molar-refractivity contribution in [1.29, 1.82) is 0 Å². The van der Waals surface area contributed by atoms with Crippen LogP contribution in [-0.2, 0) is 4.79 Å². The smallest absolute Gasteiger partial charge is 0.226 e. The Morgan fingerprint density at radius 1 is 1.71 bits per heavy atom. The number of aryl methyl sites for hydroxylation is 1. The van der Waals surface area contributed by atoms with E-state index in [0.717, 1.165) is 13.1 Å². The van der Waals surface area contributed by atoms with Gasteiger partial charge >= 0.3 is 0 Å². The molecule has 1 aliphatic heterocycles. The van der Waals surface area contributed by atoms with Gasteiger partial charge in [-0.15, -0.1) is 0 Å². The van der Waals surface area contributed by atoms with Crippen LogP contribution in [0.2, 0.25) is 0 Å². The van der Waals surface area contributed by atoms with E-state index in [-0.39, 0.29) is 5.91 Å². The topological polar surface area (TPSA) is 66.9 Å². The van der Waals surface area contributed by atoms with Crippen LogP contribution in [-0.4, -0.2) is 28.4 Å². The van der Waals surface area contributed by atoms with Crippen LogP contribution in [0.15, 0.2) is 0 Å². The molecule has 0 aliphatic carbocycles. The number of amides is 1. The van der Waals surface area contributed by atoms with Crippen molar-refractivity contribution in [3.8, 4) is 0 Å². The minimum absolute atomic E-state index is 0.0349. The van der Waals surface area contributed by atoms with Crippen LogP contribution in [0.4, 0.5) is 5.13 Å². The highest BCUT2D eigenvalue weighted by Crippen LogP contribution is 2.13.